The summed E-state index contributed by atoms with van der Waals surface area (Å²) in [4.78, 5) is 0. The van der Waals surface area contributed by atoms with Crippen LogP contribution in [-0.2, 0) is 4.53 Å². The van der Waals surface area contributed by atoms with E-state index in [1.165, 1.54) is 0 Å². The predicted molar refractivity (Wildman–Crippen MR) is 45.9 cm³/mol. The lowest BCUT2D eigenvalue weighted by Crippen LogP contribution is -2.14. The van der Waals surface area contributed by atoms with E-state index < -0.39 is 0 Å². The highest BCUT2D eigenvalue weighted by molar-refractivity contribution is 5.98. The van der Waals surface area contributed by atoms with Crippen LogP contribution in [0.4, 0.5) is 5.69 Å². The standard InChI is InChI=1S/C7H11NOSi/c1-8(9-10)7-5-3-2-4-6-7/h2-6H,1,10H3. The van der Waals surface area contributed by atoms with Crippen LogP contribution in [0.15, 0.2) is 30.3 Å². The molecule has 0 radical (unpaired) electrons. The Bertz CT molecular complexity index is 190. The fraction of sp³-hybridized carbons (Fsp3) is 0.143. The molecular formula is C7H11NOSi. The van der Waals surface area contributed by atoms with Gasteiger partial charge in [-0.05, 0) is 12.1 Å². The average molecular weight is 153 g/mol. The Morgan fingerprint density at radius 3 is 2.40 bits per heavy atom. The number of hydrogen-bond acceptors (Lipinski definition) is 2. The zero-order chi connectivity index (χ0) is 7.40. The summed E-state index contributed by atoms with van der Waals surface area (Å²) in [5.74, 6) is 0. The summed E-state index contributed by atoms with van der Waals surface area (Å²) in [5.41, 5.74) is 1.09. The van der Waals surface area contributed by atoms with E-state index in [0.717, 1.165) is 16.2 Å². The van der Waals surface area contributed by atoms with Crippen molar-refractivity contribution >= 4 is 16.2 Å². The fourth-order valence-corrected chi connectivity index (χ4v) is 0.954. The molecule has 0 spiro atoms. The second-order valence-electron chi connectivity index (χ2n) is 2.02. The normalized spacial score (nSPS) is 9.70. The van der Waals surface area contributed by atoms with Crippen molar-refractivity contribution in [2.24, 2.45) is 0 Å². The fourth-order valence-electron chi connectivity index (χ4n) is 0.743. The van der Waals surface area contributed by atoms with Crippen LogP contribution >= 0.6 is 0 Å². The van der Waals surface area contributed by atoms with Gasteiger partial charge in [0.1, 0.15) is 0 Å². The molecule has 1 aromatic carbocycles. The number of benzene rings is 1. The van der Waals surface area contributed by atoms with Crippen molar-refractivity contribution in [1.29, 1.82) is 0 Å². The third kappa shape index (κ3) is 1.59. The Balaban J connectivity index is 2.75. The average Bonchev–Trinajstić information content (AvgIpc) is 2.05. The monoisotopic (exact) mass is 153 g/mol. The van der Waals surface area contributed by atoms with Crippen LogP contribution in [0.3, 0.4) is 0 Å². The van der Waals surface area contributed by atoms with Gasteiger partial charge in [0.05, 0.1) is 5.69 Å². The molecule has 10 heavy (non-hydrogen) atoms. The van der Waals surface area contributed by atoms with Gasteiger partial charge in [-0.1, -0.05) is 18.2 Å². The second kappa shape index (κ2) is 3.39. The van der Waals surface area contributed by atoms with E-state index in [0.29, 0.717) is 0 Å². The second-order valence-corrected chi connectivity index (χ2v) is 2.38. The minimum Gasteiger partial charge on any atom is -0.332 e. The van der Waals surface area contributed by atoms with E-state index in [9.17, 15) is 0 Å². The van der Waals surface area contributed by atoms with Gasteiger partial charge in [-0.2, -0.15) is 0 Å². The first-order chi connectivity index (χ1) is 4.84. The summed E-state index contributed by atoms with van der Waals surface area (Å²) in [6.07, 6.45) is 0. The van der Waals surface area contributed by atoms with Crippen molar-refractivity contribution in [2.75, 3.05) is 12.1 Å². The molecule has 0 bridgehead atoms. The summed E-state index contributed by atoms with van der Waals surface area (Å²) < 4.78 is 5.11. The first-order valence-electron chi connectivity index (χ1n) is 3.17. The zero-order valence-corrected chi connectivity index (χ0v) is 8.24. The molecule has 0 heterocycles. The molecule has 3 heteroatoms. The van der Waals surface area contributed by atoms with Crippen molar-refractivity contribution in [1.82, 2.24) is 0 Å². The maximum atomic E-state index is 5.11. The highest BCUT2D eigenvalue weighted by atomic mass is 28.2. The largest absolute Gasteiger partial charge is 0.332 e. The van der Waals surface area contributed by atoms with Gasteiger partial charge < -0.3 is 4.53 Å². The van der Waals surface area contributed by atoms with Gasteiger partial charge in [-0.25, -0.2) is 0 Å². The Kier molecular flexibility index (Phi) is 2.47. The number of para-hydroxylation sites is 1. The first-order valence-corrected chi connectivity index (χ1v) is 3.99. The van der Waals surface area contributed by atoms with E-state index in [2.05, 4.69) is 0 Å². The Labute approximate surface area is 63.9 Å². The molecule has 1 aromatic rings. The molecule has 0 aliphatic rings. The molecule has 0 saturated carbocycles. The topological polar surface area (TPSA) is 12.5 Å². The maximum absolute atomic E-state index is 5.11. The quantitative estimate of drug-likeness (QED) is 0.448. The molecule has 54 valence electrons. The molecule has 2 nitrogen and oxygen atoms in total. The lowest BCUT2D eigenvalue weighted by molar-refractivity contribution is 0.334. The van der Waals surface area contributed by atoms with E-state index in [1.807, 2.05) is 37.4 Å². The Hall–Kier alpha value is -0.803. The van der Waals surface area contributed by atoms with E-state index >= 15 is 0 Å². The predicted octanol–water partition coefficient (Wildman–Crippen LogP) is 0.335. The first kappa shape index (κ1) is 7.31. The van der Waals surface area contributed by atoms with Gasteiger partial charge in [0.2, 0.25) is 0 Å². The van der Waals surface area contributed by atoms with Crippen LogP contribution in [0.5, 0.6) is 0 Å². The number of anilines is 1. The van der Waals surface area contributed by atoms with Gasteiger partial charge in [0.15, 0.2) is 10.5 Å². The molecule has 0 aliphatic heterocycles. The lowest BCUT2D eigenvalue weighted by Gasteiger charge is -2.15. The molecule has 0 saturated heterocycles. The SMILES string of the molecule is CN(O[SiH3])c1ccccc1. The molecule has 0 N–H and O–H groups in total. The van der Waals surface area contributed by atoms with E-state index in [4.69, 9.17) is 4.53 Å². The lowest BCUT2D eigenvalue weighted by atomic mass is 10.3. The van der Waals surface area contributed by atoms with E-state index in [1.54, 1.807) is 5.06 Å². The third-order valence-electron chi connectivity index (χ3n) is 1.39. The van der Waals surface area contributed by atoms with Gasteiger partial charge >= 0.3 is 0 Å². The molecule has 0 atom stereocenters. The van der Waals surface area contributed by atoms with Crippen LogP contribution in [0, 0.1) is 0 Å². The Morgan fingerprint density at radius 2 is 1.90 bits per heavy atom. The van der Waals surface area contributed by atoms with Crippen LogP contribution in [0.25, 0.3) is 0 Å². The minimum atomic E-state index is 0.734. The van der Waals surface area contributed by atoms with Crippen LogP contribution in [0.2, 0.25) is 0 Å². The van der Waals surface area contributed by atoms with Crippen LogP contribution in [-0.4, -0.2) is 17.5 Å². The van der Waals surface area contributed by atoms with Gasteiger partial charge in [0.25, 0.3) is 0 Å². The smallest absolute Gasteiger partial charge is 0.183 e. The van der Waals surface area contributed by atoms with Crippen LogP contribution < -0.4 is 5.06 Å². The molecule has 0 aromatic heterocycles. The number of hydrogen-bond donors (Lipinski definition) is 0. The van der Waals surface area contributed by atoms with Gasteiger partial charge in [0, 0.05) is 7.05 Å². The summed E-state index contributed by atoms with van der Waals surface area (Å²) in [6.45, 7) is 0. The number of rotatable bonds is 2. The van der Waals surface area contributed by atoms with E-state index in [-0.39, 0.29) is 0 Å². The highest BCUT2D eigenvalue weighted by Crippen LogP contribution is 2.09. The van der Waals surface area contributed by atoms with Crippen molar-refractivity contribution in [3.8, 4) is 0 Å². The summed E-state index contributed by atoms with van der Waals surface area (Å²) in [6, 6.07) is 10.00. The van der Waals surface area contributed by atoms with Gasteiger partial charge in [-0.15, -0.1) is 0 Å². The molecule has 1 rings (SSSR count). The highest BCUT2D eigenvalue weighted by Gasteiger charge is 1.93. The molecule has 0 aliphatic carbocycles. The van der Waals surface area contributed by atoms with Gasteiger partial charge in [-0.3, -0.25) is 5.06 Å². The molecule has 0 fully saturated rings. The minimum absolute atomic E-state index is 0.734. The summed E-state index contributed by atoms with van der Waals surface area (Å²) in [5, 5.41) is 1.77. The summed E-state index contributed by atoms with van der Waals surface area (Å²) in [7, 11) is 2.64. The Morgan fingerprint density at radius 1 is 1.30 bits per heavy atom. The van der Waals surface area contributed by atoms with Crippen LogP contribution in [0.1, 0.15) is 0 Å². The van der Waals surface area contributed by atoms with Crippen molar-refractivity contribution in [3.63, 3.8) is 0 Å². The van der Waals surface area contributed by atoms with Crippen molar-refractivity contribution in [3.05, 3.63) is 30.3 Å². The molecule has 0 amide bonds. The van der Waals surface area contributed by atoms with Crippen molar-refractivity contribution < 1.29 is 4.53 Å². The molecule has 0 unspecified atom stereocenters. The number of nitrogens with zero attached hydrogens (tertiary/aromatic N) is 1. The maximum Gasteiger partial charge on any atom is 0.183 e. The van der Waals surface area contributed by atoms with Crippen molar-refractivity contribution in [2.45, 2.75) is 0 Å². The number of hydroxylamine groups is 1. The summed E-state index contributed by atoms with van der Waals surface area (Å²) >= 11 is 0. The zero-order valence-electron chi connectivity index (χ0n) is 6.24. The molecular weight excluding hydrogens is 142 g/mol. The third-order valence-corrected chi connectivity index (χ3v) is 1.94.